The fraction of sp³-hybridized carbons (Fsp3) is 0.115. The topological polar surface area (TPSA) is 101 Å². The molecule has 36 heavy (non-hydrogen) atoms. The van der Waals surface area contributed by atoms with Gasteiger partial charge in [0, 0.05) is 25.7 Å². The fourth-order valence-corrected chi connectivity index (χ4v) is 4.04. The van der Waals surface area contributed by atoms with Crippen LogP contribution in [0.25, 0.3) is 10.9 Å². The second kappa shape index (κ2) is 11.4. The van der Waals surface area contributed by atoms with Crippen LogP contribution in [0, 0.1) is 0 Å². The summed E-state index contributed by atoms with van der Waals surface area (Å²) in [5, 5.41) is 6.07. The summed E-state index contributed by atoms with van der Waals surface area (Å²) in [5.74, 6) is -1.59. The molecule has 10 heteroatoms. The third-order valence-electron chi connectivity index (χ3n) is 5.10. The SMILES string of the molecule is CCCOc1ccc(NC(=O)C(=O)Nn2c(C(=O)Nc3ccc(Br)cc3)cc3cc(Br)ccc32)cc1. The Bertz CT molecular complexity index is 1420. The van der Waals surface area contributed by atoms with Crippen LogP contribution in [-0.4, -0.2) is 29.0 Å². The molecule has 0 atom stereocenters. The molecule has 4 aromatic rings. The Hall–Kier alpha value is -3.63. The number of anilines is 2. The number of rotatable bonds is 7. The summed E-state index contributed by atoms with van der Waals surface area (Å²) >= 11 is 6.78. The molecule has 1 aromatic heterocycles. The van der Waals surface area contributed by atoms with Crippen molar-refractivity contribution in [2.75, 3.05) is 22.7 Å². The van der Waals surface area contributed by atoms with Gasteiger partial charge in [-0.2, -0.15) is 0 Å². The number of halogens is 2. The normalized spacial score (nSPS) is 10.6. The molecule has 0 fully saturated rings. The lowest BCUT2D eigenvalue weighted by Crippen LogP contribution is -2.36. The van der Waals surface area contributed by atoms with E-state index in [0.717, 1.165) is 15.4 Å². The van der Waals surface area contributed by atoms with E-state index < -0.39 is 17.7 Å². The highest BCUT2D eigenvalue weighted by atomic mass is 79.9. The Balaban J connectivity index is 1.54. The van der Waals surface area contributed by atoms with Gasteiger partial charge in [0.2, 0.25) is 0 Å². The van der Waals surface area contributed by atoms with Crippen molar-refractivity contribution in [2.45, 2.75) is 13.3 Å². The molecule has 0 bridgehead atoms. The second-order valence-corrected chi connectivity index (χ2v) is 9.63. The van der Waals surface area contributed by atoms with E-state index in [1.807, 2.05) is 13.0 Å². The van der Waals surface area contributed by atoms with Crippen molar-refractivity contribution in [1.29, 1.82) is 0 Å². The van der Waals surface area contributed by atoms with Crippen LogP contribution < -0.4 is 20.8 Å². The number of hydrogen-bond donors (Lipinski definition) is 3. The smallest absolute Gasteiger partial charge is 0.328 e. The minimum Gasteiger partial charge on any atom is -0.494 e. The summed E-state index contributed by atoms with van der Waals surface area (Å²) in [4.78, 5) is 38.5. The first-order valence-electron chi connectivity index (χ1n) is 11.1. The number of benzene rings is 3. The molecule has 0 saturated carbocycles. The minimum absolute atomic E-state index is 0.157. The summed E-state index contributed by atoms with van der Waals surface area (Å²) in [6.45, 7) is 2.60. The number of amides is 3. The summed E-state index contributed by atoms with van der Waals surface area (Å²) < 4.78 is 8.52. The second-order valence-electron chi connectivity index (χ2n) is 7.80. The summed E-state index contributed by atoms with van der Waals surface area (Å²) in [7, 11) is 0. The number of carbonyl (C=O) groups is 3. The average molecular weight is 614 g/mol. The van der Waals surface area contributed by atoms with Crippen LogP contribution in [0.4, 0.5) is 11.4 Å². The summed E-state index contributed by atoms with van der Waals surface area (Å²) in [5.41, 5.74) is 4.27. The molecule has 0 aliphatic carbocycles. The van der Waals surface area contributed by atoms with Crippen LogP contribution in [0.1, 0.15) is 23.8 Å². The van der Waals surface area contributed by atoms with E-state index in [-0.39, 0.29) is 5.69 Å². The van der Waals surface area contributed by atoms with Crippen molar-refractivity contribution in [1.82, 2.24) is 4.68 Å². The predicted octanol–water partition coefficient (Wildman–Crippen LogP) is 5.92. The number of aromatic nitrogens is 1. The largest absolute Gasteiger partial charge is 0.494 e. The van der Waals surface area contributed by atoms with Gasteiger partial charge in [-0.25, -0.2) is 4.68 Å². The highest BCUT2D eigenvalue weighted by Gasteiger charge is 2.21. The van der Waals surface area contributed by atoms with E-state index in [0.29, 0.717) is 34.6 Å². The Morgan fingerprint density at radius 3 is 2.14 bits per heavy atom. The Kier molecular flexibility index (Phi) is 8.07. The molecule has 184 valence electrons. The molecule has 8 nitrogen and oxygen atoms in total. The number of nitrogens with one attached hydrogen (secondary N) is 3. The molecule has 0 saturated heterocycles. The number of carbonyl (C=O) groups excluding carboxylic acids is 3. The van der Waals surface area contributed by atoms with E-state index in [2.05, 4.69) is 47.9 Å². The van der Waals surface area contributed by atoms with Crippen molar-refractivity contribution in [3.05, 3.63) is 87.4 Å². The van der Waals surface area contributed by atoms with Crippen LogP contribution >= 0.6 is 31.9 Å². The van der Waals surface area contributed by atoms with Gasteiger partial charge in [-0.3, -0.25) is 19.8 Å². The standard InChI is InChI=1S/C26H22Br2N4O4/c1-2-13-36-21-10-8-20(9-11-21)30-25(34)26(35)31-32-22-12-5-18(28)14-16(22)15-23(32)24(33)29-19-6-3-17(27)4-7-19/h3-12,14-15H,2,13H2,1H3,(H,29,33)(H,30,34)(H,31,35). The van der Waals surface area contributed by atoms with Gasteiger partial charge in [-0.1, -0.05) is 38.8 Å². The van der Waals surface area contributed by atoms with Crippen LogP contribution in [0.2, 0.25) is 0 Å². The molecule has 3 N–H and O–H groups in total. The maximum absolute atomic E-state index is 13.1. The molecule has 3 aromatic carbocycles. The van der Waals surface area contributed by atoms with Gasteiger partial charge in [-0.15, -0.1) is 0 Å². The van der Waals surface area contributed by atoms with E-state index in [1.54, 1.807) is 66.7 Å². The van der Waals surface area contributed by atoms with Crippen molar-refractivity contribution in [3.8, 4) is 5.75 Å². The van der Waals surface area contributed by atoms with E-state index in [9.17, 15) is 14.4 Å². The van der Waals surface area contributed by atoms with E-state index >= 15 is 0 Å². The van der Waals surface area contributed by atoms with Gasteiger partial charge >= 0.3 is 11.8 Å². The Morgan fingerprint density at radius 1 is 0.806 bits per heavy atom. The fourth-order valence-electron chi connectivity index (χ4n) is 3.40. The quantitative estimate of drug-likeness (QED) is 0.225. The lowest BCUT2D eigenvalue weighted by atomic mass is 10.2. The van der Waals surface area contributed by atoms with Crippen molar-refractivity contribution in [3.63, 3.8) is 0 Å². The van der Waals surface area contributed by atoms with Gasteiger partial charge in [0.05, 0.1) is 12.1 Å². The molecular weight excluding hydrogens is 592 g/mol. The first-order chi connectivity index (χ1) is 17.3. The van der Waals surface area contributed by atoms with E-state index in [1.165, 1.54) is 4.68 Å². The molecule has 0 spiro atoms. The first-order valence-corrected chi connectivity index (χ1v) is 12.7. The Morgan fingerprint density at radius 2 is 1.44 bits per heavy atom. The van der Waals surface area contributed by atoms with Crippen LogP contribution in [-0.2, 0) is 9.59 Å². The zero-order chi connectivity index (χ0) is 25.7. The molecule has 0 radical (unpaired) electrons. The van der Waals surface area contributed by atoms with Crippen LogP contribution in [0.3, 0.4) is 0 Å². The van der Waals surface area contributed by atoms with Gasteiger partial charge < -0.3 is 15.4 Å². The van der Waals surface area contributed by atoms with E-state index in [4.69, 9.17) is 4.74 Å². The maximum Gasteiger partial charge on any atom is 0.328 e. The highest BCUT2D eigenvalue weighted by Crippen LogP contribution is 2.24. The molecule has 1 heterocycles. The molecule has 0 unspecified atom stereocenters. The van der Waals surface area contributed by atoms with Crippen LogP contribution in [0.5, 0.6) is 5.75 Å². The molecule has 0 aliphatic heterocycles. The summed E-state index contributed by atoms with van der Waals surface area (Å²) in [6, 6.07) is 20.8. The lowest BCUT2D eigenvalue weighted by molar-refractivity contribution is -0.133. The van der Waals surface area contributed by atoms with Crippen molar-refractivity contribution in [2.24, 2.45) is 0 Å². The zero-order valence-corrected chi connectivity index (χ0v) is 22.4. The monoisotopic (exact) mass is 612 g/mol. The van der Waals surface area contributed by atoms with Crippen LogP contribution in [0.15, 0.2) is 81.7 Å². The van der Waals surface area contributed by atoms with Gasteiger partial charge in [-0.05, 0) is 79.2 Å². The minimum atomic E-state index is -0.931. The third kappa shape index (κ3) is 6.13. The number of fused-ring (bicyclic) bond motifs is 1. The average Bonchev–Trinajstić information content (AvgIpc) is 3.22. The number of hydrogen-bond acceptors (Lipinski definition) is 4. The predicted molar refractivity (Wildman–Crippen MR) is 147 cm³/mol. The Labute approximate surface area is 224 Å². The lowest BCUT2D eigenvalue weighted by Gasteiger charge is -2.13. The van der Waals surface area contributed by atoms with Gasteiger partial charge in [0.1, 0.15) is 11.4 Å². The number of nitrogens with zero attached hydrogens (tertiary/aromatic N) is 1. The maximum atomic E-state index is 13.1. The van der Waals surface area contributed by atoms with Gasteiger partial charge in [0.25, 0.3) is 5.91 Å². The zero-order valence-electron chi connectivity index (χ0n) is 19.2. The molecular formula is C26H22Br2N4O4. The highest BCUT2D eigenvalue weighted by molar-refractivity contribution is 9.10. The molecule has 0 aliphatic rings. The summed E-state index contributed by atoms with van der Waals surface area (Å²) in [6.07, 6.45) is 0.882. The number of ether oxygens (including phenoxy) is 1. The molecule has 4 rings (SSSR count). The third-order valence-corrected chi connectivity index (χ3v) is 6.12. The first kappa shape index (κ1) is 25.5. The molecule has 3 amide bonds. The van der Waals surface area contributed by atoms with Gasteiger partial charge in [0.15, 0.2) is 0 Å². The van der Waals surface area contributed by atoms with Crippen molar-refractivity contribution >= 4 is 71.9 Å². The van der Waals surface area contributed by atoms with Crippen molar-refractivity contribution < 1.29 is 19.1 Å².